The summed E-state index contributed by atoms with van der Waals surface area (Å²) in [5, 5.41) is 4.46. The molecule has 0 unspecified atom stereocenters. The fraction of sp³-hybridized carbons (Fsp3) is 0. The van der Waals surface area contributed by atoms with Crippen molar-refractivity contribution in [2.24, 2.45) is 0 Å². The van der Waals surface area contributed by atoms with Gasteiger partial charge >= 0.3 is 0 Å². The summed E-state index contributed by atoms with van der Waals surface area (Å²) < 4.78 is 5.99. The zero-order chi connectivity index (χ0) is 25.8. The van der Waals surface area contributed by atoms with Crippen LogP contribution in [-0.4, -0.2) is 19.9 Å². The van der Waals surface area contributed by atoms with Crippen molar-refractivity contribution in [3.8, 4) is 34.0 Å². The lowest BCUT2D eigenvalue weighted by atomic mass is 9.93. The molecule has 0 aliphatic heterocycles. The van der Waals surface area contributed by atoms with E-state index in [1.165, 1.54) is 0 Å². The molecule has 8 rings (SSSR count). The molecule has 5 heteroatoms. The topological polar surface area (TPSA) is 64.7 Å². The molecule has 0 bridgehead atoms. The Morgan fingerprint density at radius 1 is 0.513 bits per heavy atom. The van der Waals surface area contributed by atoms with Crippen LogP contribution in [0.3, 0.4) is 0 Å². The van der Waals surface area contributed by atoms with Gasteiger partial charge in [0.25, 0.3) is 0 Å². The van der Waals surface area contributed by atoms with Crippen LogP contribution in [0, 0.1) is 0 Å². The number of nitrogens with zero attached hydrogens (tertiary/aromatic N) is 4. The number of benzene rings is 4. The zero-order valence-electron chi connectivity index (χ0n) is 20.7. The van der Waals surface area contributed by atoms with Gasteiger partial charge in [0.15, 0.2) is 5.58 Å². The van der Waals surface area contributed by atoms with Gasteiger partial charge in [-0.05, 0) is 58.3 Å². The third-order valence-corrected chi connectivity index (χ3v) is 7.21. The van der Waals surface area contributed by atoms with E-state index in [9.17, 15) is 0 Å². The van der Waals surface area contributed by atoms with Crippen molar-refractivity contribution in [2.75, 3.05) is 0 Å². The molecule has 39 heavy (non-hydrogen) atoms. The minimum Gasteiger partial charge on any atom is -0.435 e. The first kappa shape index (κ1) is 21.6. The lowest BCUT2D eigenvalue weighted by Gasteiger charge is -2.12. The van der Waals surface area contributed by atoms with Gasteiger partial charge in [-0.1, -0.05) is 72.8 Å². The molecule has 0 atom stereocenters. The van der Waals surface area contributed by atoms with Gasteiger partial charge in [0.2, 0.25) is 5.89 Å². The number of aromatic nitrogens is 4. The molecule has 0 radical (unpaired) electrons. The average molecular weight is 501 g/mol. The van der Waals surface area contributed by atoms with Crippen molar-refractivity contribution < 1.29 is 4.42 Å². The second kappa shape index (κ2) is 8.57. The Labute approximate surface area is 223 Å². The first-order valence-electron chi connectivity index (χ1n) is 12.8. The summed E-state index contributed by atoms with van der Waals surface area (Å²) >= 11 is 0. The molecule has 0 amide bonds. The summed E-state index contributed by atoms with van der Waals surface area (Å²) in [6.45, 7) is 0. The van der Waals surface area contributed by atoms with Gasteiger partial charge in [0.1, 0.15) is 11.2 Å². The van der Waals surface area contributed by atoms with Gasteiger partial charge in [-0.15, -0.1) is 0 Å². The molecule has 0 N–H and O–H groups in total. The van der Waals surface area contributed by atoms with Crippen molar-refractivity contribution in [1.82, 2.24) is 19.9 Å². The third-order valence-electron chi connectivity index (χ3n) is 7.21. The van der Waals surface area contributed by atoms with Crippen LogP contribution in [-0.2, 0) is 0 Å². The maximum atomic E-state index is 5.99. The Kier molecular flexibility index (Phi) is 4.76. The molecule has 4 aromatic carbocycles. The van der Waals surface area contributed by atoms with Crippen LogP contribution >= 0.6 is 0 Å². The predicted octanol–water partition coefficient (Wildman–Crippen LogP) is 8.47. The Morgan fingerprint density at radius 3 is 2.15 bits per heavy atom. The molecular formula is C34H20N4O. The van der Waals surface area contributed by atoms with E-state index in [0.29, 0.717) is 5.89 Å². The van der Waals surface area contributed by atoms with E-state index in [0.717, 1.165) is 71.8 Å². The monoisotopic (exact) mass is 500 g/mol. The van der Waals surface area contributed by atoms with E-state index in [4.69, 9.17) is 14.4 Å². The summed E-state index contributed by atoms with van der Waals surface area (Å²) in [5.74, 6) is 0.521. The average Bonchev–Trinajstić information content (AvgIpc) is 3.44. The van der Waals surface area contributed by atoms with E-state index in [1.54, 1.807) is 6.20 Å². The number of hydrogen-bond acceptors (Lipinski definition) is 5. The van der Waals surface area contributed by atoms with Gasteiger partial charge in [-0.2, -0.15) is 0 Å². The van der Waals surface area contributed by atoms with E-state index in [2.05, 4.69) is 88.8 Å². The Morgan fingerprint density at radius 2 is 1.28 bits per heavy atom. The third kappa shape index (κ3) is 3.55. The van der Waals surface area contributed by atoms with Gasteiger partial charge in [0, 0.05) is 28.7 Å². The summed E-state index contributed by atoms with van der Waals surface area (Å²) in [7, 11) is 0. The minimum atomic E-state index is 0.521. The lowest BCUT2D eigenvalue weighted by molar-refractivity contribution is 0.617. The van der Waals surface area contributed by atoms with Crippen LogP contribution in [0.5, 0.6) is 0 Å². The molecular weight excluding hydrogens is 480 g/mol. The van der Waals surface area contributed by atoms with E-state index in [-0.39, 0.29) is 0 Å². The van der Waals surface area contributed by atoms with Crippen LogP contribution in [0.4, 0.5) is 0 Å². The molecule has 4 aromatic heterocycles. The Hall–Kier alpha value is -5.42. The van der Waals surface area contributed by atoms with Crippen LogP contribution in [0.2, 0.25) is 0 Å². The molecule has 0 aliphatic carbocycles. The minimum absolute atomic E-state index is 0.521. The molecule has 0 fully saturated rings. The maximum absolute atomic E-state index is 5.99. The molecule has 182 valence electrons. The highest BCUT2D eigenvalue weighted by molar-refractivity contribution is 6.07. The fourth-order valence-electron chi connectivity index (χ4n) is 5.34. The number of hydrogen-bond donors (Lipinski definition) is 0. The summed E-state index contributed by atoms with van der Waals surface area (Å²) in [6, 6.07) is 37.1. The standard InChI is InChI=1S/C34H20N4O/c1-2-8-26-25(7-1)24(23-13-17-31-30(20-23)38-34(39-31)29-9-3-4-18-35-29)14-15-27(26)28-16-12-22-11-10-21-6-5-19-36-32(21)33(22)37-28/h1-20H. The molecule has 0 aliphatic rings. The number of pyridine rings is 3. The number of rotatable bonds is 3. The highest BCUT2D eigenvalue weighted by atomic mass is 16.3. The fourth-order valence-corrected chi connectivity index (χ4v) is 5.34. The predicted molar refractivity (Wildman–Crippen MR) is 156 cm³/mol. The molecule has 5 nitrogen and oxygen atoms in total. The molecule has 0 saturated heterocycles. The van der Waals surface area contributed by atoms with Crippen molar-refractivity contribution in [1.29, 1.82) is 0 Å². The molecule has 4 heterocycles. The maximum Gasteiger partial charge on any atom is 0.246 e. The van der Waals surface area contributed by atoms with Gasteiger partial charge in [-0.25, -0.2) is 9.97 Å². The number of fused-ring (bicyclic) bond motifs is 5. The zero-order valence-corrected chi connectivity index (χ0v) is 20.7. The van der Waals surface area contributed by atoms with Gasteiger partial charge < -0.3 is 4.42 Å². The quantitative estimate of drug-likeness (QED) is 0.228. The van der Waals surface area contributed by atoms with Crippen LogP contribution in [0.25, 0.3) is 77.6 Å². The second-order valence-electron chi connectivity index (χ2n) is 9.53. The van der Waals surface area contributed by atoms with Gasteiger partial charge in [-0.3, -0.25) is 9.97 Å². The van der Waals surface area contributed by atoms with Crippen LogP contribution < -0.4 is 0 Å². The second-order valence-corrected chi connectivity index (χ2v) is 9.53. The van der Waals surface area contributed by atoms with Crippen molar-refractivity contribution in [3.05, 3.63) is 122 Å². The molecule has 8 aromatic rings. The van der Waals surface area contributed by atoms with Crippen LogP contribution in [0.15, 0.2) is 126 Å². The van der Waals surface area contributed by atoms with E-state index in [1.807, 2.05) is 36.5 Å². The summed E-state index contributed by atoms with van der Waals surface area (Å²) in [4.78, 5) is 18.8. The number of oxazole rings is 1. The Bertz CT molecular complexity index is 2180. The van der Waals surface area contributed by atoms with Crippen molar-refractivity contribution in [3.63, 3.8) is 0 Å². The summed E-state index contributed by atoms with van der Waals surface area (Å²) in [6.07, 6.45) is 3.57. The van der Waals surface area contributed by atoms with Gasteiger partial charge in [0.05, 0.1) is 16.7 Å². The highest BCUT2D eigenvalue weighted by Gasteiger charge is 2.14. The lowest BCUT2D eigenvalue weighted by Crippen LogP contribution is -1.91. The Balaban J connectivity index is 1.28. The highest BCUT2D eigenvalue weighted by Crippen LogP contribution is 2.37. The molecule has 0 saturated carbocycles. The van der Waals surface area contributed by atoms with Crippen molar-refractivity contribution in [2.45, 2.75) is 0 Å². The van der Waals surface area contributed by atoms with E-state index >= 15 is 0 Å². The first-order valence-corrected chi connectivity index (χ1v) is 12.8. The molecule has 0 spiro atoms. The first-order chi connectivity index (χ1) is 19.3. The van der Waals surface area contributed by atoms with Crippen LogP contribution in [0.1, 0.15) is 0 Å². The normalized spacial score (nSPS) is 11.6. The SMILES string of the molecule is c1ccc(-c2nc3cc(-c4ccc(-c5ccc6ccc7cccnc7c6n5)c5ccccc45)ccc3o2)nc1. The van der Waals surface area contributed by atoms with E-state index < -0.39 is 0 Å². The largest absolute Gasteiger partial charge is 0.435 e. The summed E-state index contributed by atoms with van der Waals surface area (Å²) in [5.41, 5.74) is 8.32. The van der Waals surface area contributed by atoms with Crippen molar-refractivity contribution >= 4 is 43.7 Å². The smallest absolute Gasteiger partial charge is 0.246 e.